The average molecular weight is 288 g/mol. The Labute approximate surface area is 126 Å². The normalized spacial score (nSPS) is 21.3. The minimum atomic E-state index is -0.0733. The van der Waals surface area contributed by atoms with Crippen LogP contribution in [0.25, 0.3) is 0 Å². The molecule has 2 aliphatic heterocycles. The maximum atomic E-state index is 12.8. The van der Waals surface area contributed by atoms with Crippen LogP contribution in [0.2, 0.25) is 0 Å². The summed E-state index contributed by atoms with van der Waals surface area (Å²) in [6.45, 7) is 4.91. The van der Waals surface area contributed by atoms with Crippen molar-refractivity contribution in [1.29, 1.82) is 0 Å². The molecule has 1 saturated heterocycles. The number of fused-ring (bicyclic) bond motifs is 1. The van der Waals surface area contributed by atoms with E-state index < -0.39 is 0 Å². The molecule has 0 spiro atoms. The Bertz CT molecular complexity index is 509. The molecular weight excluding hydrogens is 264 g/mol. The summed E-state index contributed by atoms with van der Waals surface area (Å²) in [4.78, 5) is 17.0. The van der Waals surface area contributed by atoms with E-state index in [2.05, 4.69) is 11.0 Å². The van der Waals surface area contributed by atoms with Crippen LogP contribution in [0.5, 0.6) is 0 Å². The predicted octanol–water partition coefficient (Wildman–Crippen LogP) is 1.67. The van der Waals surface area contributed by atoms with Crippen LogP contribution in [0.4, 0.5) is 5.69 Å². The fraction of sp³-hybridized carbons (Fsp3) is 0.588. The Morgan fingerprint density at radius 2 is 2.00 bits per heavy atom. The number of nitrogens with zero attached hydrogens (tertiary/aromatic N) is 2. The van der Waals surface area contributed by atoms with Gasteiger partial charge in [-0.2, -0.15) is 0 Å². The summed E-state index contributed by atoms with van der Waals surface area (Å²) in [5, 5.41) is 9.21. The number of carbonyl (C=O) groups is 1. The van der Waals surface area contributed by atoms with Crippen molar-refractivity contribution in [2.24, 2.45) is 5.92 Å². The second-order valence-corrected chi connectivity index (χ2v) is 6.21. The van der Waals surface area contributed by atoms with E-state index in [1.807, 2.05) is 30.0 Å². The molecule has 0 aliphatic carbocycles. The van der Waals surface area contributed by atoms with Crippen molar-refractivity contribution >= 4 is 11.6 Å². The zero-order valence-electron chi connectivity index (χ0n) is 12.7. The van der Waals surface area contributed by atoms with Crippen LogP contribution in [0.3, 0.4) is 0 Å². The molecule has 0 radical (unpaired) electrons. The quantitative estimate of drug-likeness (QED) is 0.920. The van der Waals surface area contributed by atoms with Crippen molar-refractivity contribution in [2.75, 3.05) is 31.1 Å². The fourth-order valence-corrected chi connectivity index (χ4v) is 3.47. The Hall–Kier alpha value is -1.39. The molecule has 2 aliphatic rings. The molecule has 21 heavy (non-hydrogen) atoms. The summed E-state index contributed by atoms with van der Waals surface area (Å²) in [7, 11) is 0. The lowest BCUT2D eigenvalue weighted by atomic mass is 9.96. The van der Waals surface area contributed by atoms with E-state index in [4.69, 9.17) is 0 Å². The Balaban J connectivity index is 1.66. The first-order chi connectivity index (χ1) is 10.2. The molecule has 0 saturated carbocycles. The summed E-state index contributed by atoms with van der Waals surface area (Å²) in [6.07, 6.45) is 2.94. The highest BCUT2D eigenvalue weighted by Gasteiger charge is 2.32. The van der Waals surface area contributed by atoms with Crippen molar-refractivity contribution < 1.29 is 9.90 Å². The van der Waals surface area contributed by atoms with Gasteiger partial charge in [-0.25, -0.2) is 0 Å². The maximum Gasteiger partial charge on any atom is 0.244 e. The zero-order valence-corrected chi connectivity index (χ0v) is 12.7. The summed E-state index contributed by atoms with van der Waals surface area (Å²) in [5.41, 5.74) is 2.36. The largest absolute Gasteiger partial charge is 0.396 e. The number of likely N-dealkylation sites (tertiary alicyclic amines) is 1. The highest BCUT2D eigenvalue weighted by atomic mass is 16.3. The molecule has 1 unspecified atom stereocenters. The van der Waals surface area contributed by atoms with Crippen LogP contribution < -0.4 is 4.90 Å². The summed E-state index contributed by atoms with van der Waals surface area (Å²) in [6, 6.07) is 8.12. The van der Waals surface area contributed by atoms with E-state index in [0.29, 0.717) is 5.92 Å². The molecule has 4 nitrogen and oxygen atoms in total. The van der Waals surface area contributed by atoms with Crippen LogP contribution >= 0.6 is 0 Å². The highest BCUT2D eigenvalue weighted by molar-refractivity contribution is 5.98. The van der Waals surface area contributed by atoms with Crippen LogP contribution in [0.15, 0.2) is 24.3 Å². The molecule has 1 aromatic carbocycles. The minimum Gasteiger partial charge on any atom is -0.396 e. The van der Waals surface area contributed by atoms with E-state index in [9.17, 15) is 9.90 Å². The van der Waals surface area contributed by atoms with Crippen LogP contribution in [0, 0.1) is 5.92 Å². The summed E-state index contributed by atoms with van der Waals surface area (Å²) in [5.74, 6) is 0.624. The SMILES string of the molecule is CC(C(=O)N1CCc2ccccc21)N1CCC(CO)CC1. The zero-order chi connectivity index (χ0) is 14.8. The van der Waals surface area contributed by atoms with Gasteiger partial charge in [-0.3, -0.25) is 9.69 Å². The van der Waals surface area contributed by atoms with Gasteiger partial charge in [0.15, 0.2) is 0 Å². The number of aliphatic hydroxyl groups excluding tert-OH is 1. The number of rotatable bonds is 3. The third-order valence-corrected chi connectivity index (χ3v) is 4.97. The van der Waals surface area contributed by atoms with Crippen molar-refractivity contribution in [3.05, 3.63) is 29.8 Å². The second-order valence-electron chi connectivity index (χ2n) is 6.21. The molecule has 1 amide bonds. The molecule has 3 rings (SSSR count). The third kappa shape index (κ3) is 2.83. The first kappa shape index (κ1) is 14.5. The van der Waals surface area contributed by atoms with E-state index in [0.717, 1.165) is 44.6 Å². The van der Waals surface area contributed by atoms with Crippen LogP contribution in [0.1, 0.15) is 25.3 Å². The number of aliphatic hydroxyl groups is 1. The lowest BCUT2D eigenvalue weighted by molar-refractivity contribution is -0.123. The topological polar surface area (TPSA) is 43.8 Å². The smallest absolute Gasteiger partial charge is 0.244 e. The maximum absolute atomic E-state index is 12.8. The van der Waals surface area contributed by atoms with Crippen molar-refractivity contribution in [3.8, 4) is 0 Å². The van der Waals surface area contributed by atoms with E-state index in [-0.39, 0.29) is 18.6 Å². The molecule has 114 valence electrons. The molecule has 1 aromatic rings. The van der Waals surface area contributed by atoms with Gasteiger partial charge in [0.2, 0.25) is 5.91 Å². The van der Waals surface area contributed by atoms with E-state index in [1.54, 1.807) is 0 Å². The molecule has 0 bridgehead atoms. The number of benzene rings is 1. The van der Waals surface area contributed by atoms with E-state index in [1.165, 1.54) is 5.56 Å². The number of anilines is 1. The van der Waals surface area contributed by atoms with Gasteiger partial charge in [0.25, 0.3) is 0 Å². The number of amides is 1. The van der Waals surface area contributed by atoms with Gasteiger partial charge in [0, 0.05) is 18.8 Å². The van der Waals surface area contributed by atoms with Crippen LogP contribution in [-0.4, -0.2) is 48.2 Å². The third-order valence-electron chi connectivity index (χ3n) is 4.97. The molecule has 1 atom stereocenters. The Morgan fingerprint density at radius 1 is 1.29 bits per heavy atom. The minimum absolute atomic E-state index is 0.0733. The molecule has 0 aromatic heterocycles. The summed E-state index contributed by atoms with van der Waals surface area (Å²) >= 11 is 0. The Kier molecular flexibility index (Phi) is 4.27. The summed E-state index contributed by atoms with van der Waals surface area (Å²) < 4.78 is 0. The highest BCUT2D eigenvalue weighted by Crippen LogP contribution is 2.29. The van der Waals surface area contributed by atoms with Gasteiger partial charge in [0.05, 0.1) is 6.04 Å². The predicted molar refractivity (Wildman–Crippen MR) is 83.3 cm³/mol. The number of hydrogen-bond donors (Lipinski definition) is 1. The molecule has 4 heteroatoms. The first-order valence-corrected chi connectivity index (χ1v) is 7.95. The lowest BCUT2D eigenvalue weighted by Gasteiger charge is -2.36. The number of piperidine rings is 1. The molecular formula is C17H24N2O2. The number of para-hydroxylation sites is 1. The second kappa shape index (κ2) is 6.16. The van der Waals surface area contributed by atoms with Gasteiger partial charge in [-0.15, -0.1) is 0 Å². The van der Waals surface area contributed by atoms with Crippen LogP contribution in [-0.2, 0) is 11.2 Å². The standard InChI is InChI=1S/C17H24N2O2/c1-13(18-9-6-14(12-20)7-10-18)17(21)19-11-8-15-4-2-3-5-16(15)19/h2-5,13-14,20H,6-12H2,1H3. The Morgan fingerprint density at radius 3 is 2.71 bits per heavy atom. The first-order valence-electron chi connectivity index (χ1n) is 7.95. The van der Waals surface area contributed by atoms with Gasteiger partial charge in [-0.05, 0) is 56.8 Å². The molecule has 2 heterocycles. The van der Waals surface area contributed by atoms with Gasteiger partial charge < -0.3 is 10.0 Å². The van der Waals surface area contributed by atoms with Crippen molar-refractivity contribution in [3.63, 3.8) is 0 Å². The van der Waals surface area contributed by atoms with Gasteiger partial charge in [0.1, 0.15) is 0 Å². The van der Waals surface area contributed by atoms with E-state index >= 15 is 0 Å². The van der Waals surface area contributed by atoms with Crippen molar-refractivity contribution in [2.45, 2.75) is 32.2 Å². The monoisotopic (exact) mass is 288 g/mol. The molecule has 1 N–H and O–H groups in total. The lowest BCUT2D eigenvalue weighted by Crippen LogP contribution is -2.49. The van der Waals surface area contributed by atoms with Crippen molar-refractivity contribution in [1.82, 2.24) is 4.90 Å². The number of carbonyl (C=O) groups excluding carboxylic acids is 1. The van der Waals surface area contributed by atoms with Gasteiger partial charge in [-0.1, -0.05) is 18.2 Å². The number of hydrogen-bond acceptors (Lipinski definition) is 3. The average Bonchev–Trinajstić information content (AvgIpc) is 2.97. The molecule has 1 fully saturated rings. The fourth-order valence-electron chi connectivity index (χ4n) is 3.47. The van der Waals surface area contributed by atoms with Gasteiger partial charge >= 0.3 is 0 Å².